The van der Waals surface area contributed by atoms with E-state index in [1.807, 2.05) is 0 Å². The smallest absolute Gasteiger partial charge is 0.306 e. The van der Waals surface area contributed by atoms with Crippen LogP contribution in [0.25, 0.3) is 0 Å². The summed E-state index contributed by atoms with van der Waals surface area (Å²) in [5.41, 5.74) is 0. The Kier molecular flexibility index (Phi) is 57.7. The van der Waals surface area contributed by atoms with Crippen LogP contribution in [0.2, 0.25) is 0 Å². The van der Waals surface area contributed by atoms with Crippen molar-refractivity contribution in [3.63, 3.8) is 0 Å². The fourth-order valence-corrected chi connectivity index (χ4v) is 9.09. The second-order valence-corrected chi connectivity index (χ2v) is 21.0. The molecule has 0 saturated heterocycles. The molecule has 0 aromatic heterocycles. The van der Waals surface area contributed by atoms with Gasteiger partial charge in [-0.2, -0.15) is 0 Å². The summed E-state index contributed by atoms with van der Waals surface area (Å²) in [5.74, 6) is -0.864. The Morgan fingerprint density at radius 2 is 0.507 bits per heavy atom. The van der Waals surface area contributed by atoms with Gasteiger partial charge in [0.15, 0.2) is 6.10 Å². The van der Waals surface area contributed by atoms with Gasteiger partial charge in [-0.1, -0.05) is 275 Å². The minimum Gasteiger partial charge on any atom is -0.462 e. The summed E-state index contributed by atoms with van der Waals surface area (Å²) in [5, 5.41) is 0. The van der Waals surface area contributed by atoms with Gasteiger partial charge in [-0.3, -0.25) is 14.4 Å². The zero-order valence-corrected chi connectivity index (χ0v) is 47.5. The van der Waals surface area contributed by atoms with E-state index in [4.69, 9.17) is 14.2 Å². The second-order valence-electron chi connectivity index (χ2n) is 21.0. The Morgan fingerprint density at radius 3 is 0.803 bits per heavy atom. The molecule has 0 aliphatic heterocycles. The summed E-state index contributed by atoms with van der Waals surface area (Å²) in [6.45, 7) is 6.64. The molecule has 0 aliphatic rings. The van der Waals surface area contributed by atoms with Gasteiger partial charge in [0.2, 0.25) is 0 Å². The molecule has 414 valence electrons. The van der Waals surface area contributed by atoms with Crippen LogP contribution >= 0.6 is 0 Å². The van der Waals surface area contributed by atoms with Crippen LogP contribution in [0.1, 0.15) is 329 Å². The van der Waals surface area contributed by atoms with Gasteiger partial charge >= 0.3 is 17.9 Å². The van der Waals surface area contributed by atoms with E-state index in [2.05, 4.69) is 69.4 Å². The molecule has 0 N–H and O–H groups in total. The quantitative estimate of drug-likeness (QED) is 0.0261. The van der Waals surface area contributed by atoms with Crippen molar-refractivity contribution < 1.29 is 28.6 Å². The van der Waals surface area contributed by atoms with Gasteiger partial charge in [0, 0.05) is 19.3 Å². The highest BCUT2D eigenvalue weighted by Crippen LogP contribution is 2.16. The molecule has 1 unspecified atom stereocenters. The average Bonchev–Trinajstić information content (AvgIpc) is 3.37. The number of rotatable bonds is 57. The Labute approximate surface area is 441 Å². The van der Waals surface area contributed by atoms with Gasteiger partial charge in [0.1, 0.15) is 13.2 Å². The van der Waals surface area contributed by atoms with Crippen LogP contribution in [0.3, 0.4) is 0 Å². The Hall–Kier alpha value is -2.63. The maximum atomic E-state index is 12.9. The molecule has 0 spiro atoms. The number of carbonyl (C=O) groups is 3. The van der Waals surface area contributed by atoms with E-state index < -0.39 is 6.10 Å². The topological polar surface area (TPSA) is 78.9 Å². The molecule has 0 radical (unpaired) electrons. The Bertz CT molecular complexity index is 1230. The molecule has 71 heavy (non-hydrogen) atoms. The number of carbonyl (C=O) groups excluding carboxylic acids is 3. The minimum absolute atomic E-state index is 0.0720. The monoisotopic (exact) mass is 995 g/mol. The molecule has 0 heterocycles. The summed E-state index contributed by atoms with van der Waals surface area (Å²) in [4.78, 5) is 38.1. The molecule has 6 heteroatoms. The van der Waals surface area contributed by atoms with Crippen molar-refractivity contribution in [1.29, 1.82) is 0 Å². The number of hydrogen-bond donors (Lipinski definition) is 0. The van der Waals surface area contributed by atoms with Crippen molar-refractivity contribution in [3.05, 3.63) is 48.6 Å². The van der Waals surface area contributed by atoms with E-state index in [0.717, 1.165) is 70.6 Å². The van der Waals surface area contributed by atoms with Crippen LogP contribution in [-0.2, 0) is 28.6 Å². The lowest BCUT2D eigenvalue weighted by Crippen LogP contribution is -2.30. The number of ether oxygens (including phenoxy) is 3. The minimum atomic E-state index is -0.773. The van der Waals surface area contributed by atoms with E-state index in [-0.39, 0.29) is 31.1 Å². The van der Waals surface area contributed by atoms with Gasteiger partial charge in [-0.25, -0.2) is 0 Å². The van der Waals surface area contributed by atoms with Gasteiger partial charge in [0.05, 0.1) is 0 Å². The molecule has 0 aromatic carbocycles. The summed E-state index contributed by atoms with van der Waals surface area (Å²) >= 11 is 0. The largest absolute Gasteiger partial charge is 0.462 e. The second kappa shape index (κ2) is 59.9. The van der Waals surface area contributed by atoms with Crippen molar-refractivity contribution in [1.82, 2.24) is 0 Å². The number of unbranched alkanes of at least 4 members (excludes halogenated alkanes) is 38. The highest BCUT2D eigenvalue weighted by atomic mass is 16.6. The van der Waals surface area contributed by atoms with Crippen LogP contribution in [-0.4, -0.2) is 37.2 Å². The van der Waals surface area contributed by atoms with Crippen LogP contribution in [0, 0.1) is 0 Å². The number of hydrogen-bond acceptors (Lipinski definition) is 6. The molecule has 0 aliphatic carbocycles. The fraction of sp³-hybridized carbons (Fsp3) is 0.831. The van der Waals surface area contributed by atoms with Crippen molar-refractivity contribution in [3.8, 4) is 0 Å². The first-order valence-electron chi connectivity index (χ1n) is 31.1. The molecule has 6 nitrogen and oxygen atoms in total. The van der Waals surface area contributed by atoms with Crippen molar-refractivity contribution in [2.24, 2.45) is 0 Å². The number of allylic oxidation sites excluding steroid dienone is 8. The van der Waals surface area contributed by atoms with Gasteiger partial charge in [-0.05, 0) is 83.5 Å². The summed E-state index contributed by atoms with van der Waals surface area (Å²) < 4.78 is 16.9. The first-order valence-corrected chi connectivity index (χ1v) is 31.1. The Morgan fingerprint density at radius 1 is 0.282 bits per heavy atom. The van der Waals surface area contributed by atoms with E-state index in [1.165, 1.54) is 218 Å². The summed E-state index contributed by atoms with van der Waals surface area (Å²) in [7, 11) is 0. The van der Waals surface area contributed by atoms with E-state index in [0.29, 0.717) is 19.3 Å². The molecule has 0 amide bonds. The predicted octanol–water partition coefficient (Wildman–Crippen LogP) is 21.0. The lowest BCUT2D eigenvalue weighted by Gasteiger charge is -2.18. The summed E-state index contributed by atoms with van der Waals surface area (Å²) in [6.07, 6.45) is 74.1. The van der Waals surface area contributed by atoms with Gasteiger partial charge in [-0.15, -0.1) is 0 Å². The lowest BCUT2D eigenvalue weighted by atomic mass is 10.0. The van der Waals surface area contributed by atoms with Crippen molar-refractivity contribution in [2.45, 2.75) is 335 Å². The third-order valence-corrected chi connectivity index (χ3v) is 13.8. The number of esters is 3. The van der Waals surface area contributed by atoms with Crippen LogP contribution < -0.4 is 0 Å². The van der Waals surface area contributed by atoms with Gasteiger partial charge < -0.3 is 14.2 Å². The maximum absolute atomic E-state index is 12.9. The molecule has 0 aromatic rings. The van der Waals surface area contributed by atoms with Gasteiger partial charge in [0.25, 0.3) is 0 Å². The Balaban J connectivity index is 4.21. The van der Waals surface area contributed by atoms with Crippen LogP contribution in [0.5, 0.6) is 0 Å². The molecule has 0 saturated carbocycles. The molecule has 1 atom stereocenters. The summed E-state index contributed by atoms with van der Waals surface area (Å²) in [6, 6.07) is 0. The highest BCUT2D eigenvalue weighted by molar-refractivity contribution is 5.71. The SMILES string of the molecule is CCCCCCC/C=C\C/C=C\C/C=C\CCCCCCCCCCCCC(=O)OCC(COC(=O)CCCCCCCCCCC)OC(=O)CCCCCCCCCCC/C=C\CCCCCCCC. The normalized spacial score (nSPS) is 12.3. The van der Waals surface area contributed by atoms with E-state index in [9.17, 15) is 14.4 Å². The molecular formula is C65H118O6. The van der Waals surface area contributed by atoms with Crippen LogP contribution in [0.4, 0.5) is 0 Å². The molecule has 0 rings (SSSR count). The average molecular weight is 996 g/mol. The fourth-order valence-electron chi connectivity index (χ4n) is 9.09. The standard InChI is InChI=1S/C65H118O6/c1-4-7-10-13-16-19-21-23-25-27-29-30-31-32-33-34-36-37-39-41-43-46-49-52-55-58-64(67)70-61-62(60-69-63(66)57-54-51-48-45-18-15-12-9-6-3)71-65(68)59-56-53-50-47-44-42-40-38-35-28-26-24-22-20-17-14-11-8-5-2/h21,23-24,26-27,29,31-32,62H,4-20,22,25,28,30,33-61H2,1-3H3/b23-21-,26-24-,29-27-,32-31-. The maximum Gasteiger partial charge on any atom is 0.306 e. The van der Waals surface area contributed by atoms with Crippen molar-refractivity contribution in [2.75, 3.05) is 13.2 Å². The first kappa shape index (κ1) is 68.4. The lowest BCUT2D eigenvalue weighted by molar-refractivity contribution is -0.167. The molecular weight excluding hydrogens is 877 g/mol. The van der Waals surface area contributed by atoms with Crippen LogP contribution in [0.15, 0.2) is 48.6 Å². The third-order valence-electron chi connectivity index (χ3n) is 13.8. The third kappa shape index (κ3) is 58.1. The van der Waals surface area contributed by atoms with Crippen molar-refractivity contribution >= 4 is 17.9 Å². The zero-order valence-electron chi connectivity index (χ0n) is 47.5. The zero-order chi connectivity index (χ0) is 51.4. The predicted molar refractivity (Wildman–Crippen MR) is 307 cm³/mol. The molecule has 0 fully saturated rings. The van der Waals surface area contributed by atoms with E-state index >= 15 is 0 Å². The van der Waals surface area contributed by atoms with E-state index in [1.54, 1.807) is 0 Å². The first-order chi connectivity index (χ1) is 35.0. The highest BCUT2D eigenvalue weighted by Gasteiger charge is 2.19. The molecule has 0 bridgehead atoms.